The van der Waals surface area contributed by atoms with Gasteiger partial charge >= 0.3 is 0 Å². The van der Waals surface area contributed by atoms with Crippen LogP contribution in [0.5, 0.6) is 0 Å². The van der Waals surface area contributed by atoms with Crippen molar-refractivity contribution < 1.29 is 5.11 Å². The Morgan fingerprint density at radius 2 is 1.75 bits per heavy atom. The smallest absolute Gasteiger partial charge is 0.0431 e. The maximum Gasteiger partial charge on any atom is 0.0431 e. The molecule has 0 atom stereocenters. The molecule has 0 bridgehead atoms. The molecule has 0 aliphatic heterocycles. The fourth-order valence-electron chi connectivity index (χ4n) is 0.539. The molecule has 0 unspecified atom stereocenters. The van der Waals surface area contributed by atoms with Crippen molar-refractivity contribution in [3.8, 4) is 0 Å². The normalized spacial score (nSPS) is 8.25. The van der Waals surface area contributed by atoms with E-state index >= 15 is 0 Å². The van der Waals surface area contributed by atoms with Crippen molar-refractivity contribution in [2.45, 2.75) is 32.6 Å². The van der Waals surface area contributed by atoms with E-state index < -0.39 is 0 Å². The summed E-state index contributed by atoms with van der Waals surface area (Å²) in [6.45, 7) is 2.53. The zero-order valence-electron chi connectivity index (χ0n) is 5.98. The maximum atomic E-state index is 8.29. The molecular formula is C6H14LiO. The fraction of sp³-hybridized carbons (Fsp3) is 1.00. The molecule has 0 aliphatic carbocycles. The average molecular weight is 109 g/mol. The Kier molecular flexibility index (Phi) is 14.9. The topological polar surface area (TPSA) is 20.2 Å². The van der Waals surface area contributed by atoms with Crippen LogP contribution in [0.2, 0.25) is 0 Å². The standard InChI is InChI=1S/C6H14O.Li/c1-2-3-4-5-6-7;/h7H,2-6H2,1H3;. The van der Waals surface area contributed by atoms with Crippen LogP contribution in [0.4, 0.5) is 0 Å². The second-order valence-corrected chi connectivity index (χ2v) is 1.78. The van der Waals surface area contributed by atoms with Crippen LogP contribution < -0.4 is 0 Å². The van der Waals surface area contributed by atoms with Gasteiger partial charge in [-0.2, -0.15) is 0 Å². The van der Waals surface area contributed by atoms with Gasteiger partial charge in [0.1, 0.15) is 0 Å². The van der Waals surface area contributed by atoms with Crippen LogP contribution in [0.1, 0.15) is 32.6 Å². The van der Waals surface area contributed by atoms with Gasteiger partial charge in [0.05, 0.1) is 0 Å². The van der Waals surface area contributed by atoms with Crippen LogP contribution in [0.25, 0.3) is 0 Å². The van der Waals surface area contributed by atoms with Crippen LogP contribution in [0.3, 0.4) is 0 Å². The van der Waals surface area contributed by atoms with E-state index in [1.54, 1.807) is 0 Å². The molecule has 1 nitrogen and oxygen atoms in total. The molecule has 1 N–H and O–H groups in total. The Morgan fingerprint density at radius 3 is 2.12 bits per heavy atom. The first kappa shape index (κ1) is 11.4. The van der Waals surface area contributed by atoms with Gasteiger partial charge in [-0.15, -0.1) is 0 Å². The summed E-state index contributed by atoms with van der Waals surface area (Å²) in [5.74, 6) is 0. The van der Waals surface area contributed by atoms with Crippen molar-refractivity contribution in [2.75, 3.05) is 6.61 Å². The predicted octanol–water partition coefficient (Wildman–Crippen LogP) is 1.18. The Hall–Kier alpha value is 0.557. The van der Waals surface area contributed by atoms with Crippen molar-refractivity contribution in [3.63, 3.8) is 0 Å². The Morgan fingerprint density at radius 1 is 1.12 bits per heavy atom. The molecule has 1 radical (unpaired) electrons. The van der Waals surface area contributed by atoms with E-state index in [1.807, 2.05) is 0 Å². The van der Waals surface area contributed by atoms with Gasteiger partial charge in [0.2, 0.25) is 0 Å². The SMILES string of the molecule is CCCCCCO.[Li]. The largest absolute Gasteiger partial charge is 0.396 e. The van der Waals surface area contributed by atoms with E-state index in [-0.39, 0.29) is 18.9 Å². The summed E-state index contributed by atoms with van der Waals surface area (Å²) >= 11 is 0. The van der Waals surface area contributed by atoms with E-state index in [1.165, 1.54) is 19.3 Å². The minimum Gasteiger partial charge on any atom is -0.396 e. The number of aliphatic hydroxyl groups excluding tert-OH is 1. The number of rotatable bonds is 4. The van der Waals surface area contributed by atoms with E-state index in [4.69, 9.17) is 5.11 Å². The van der Waals surface area contributed by atoms with Crippen LogP contribution in [0, 0.1) is 0 Å². The molecule has 0 aromatic carbocycles. The zero-order chi connectivity index (χ0) is 5.54. The Labute approximate surface area is 63.7 Å². The molecule has 0 spiro atoms. The van der Waals surface area contributed by atoms with E-state index in [0.717, 1.165) is 6.42 Å². The first-order valence-electron chi connectivity index (χ1n) is 3.02. The van der Waals surface area contributed by atoms with Gasteiger partial charge in [-0.05, 0) is 6.42 Å². The quantitative estimate of drug-likeness (QED) is 0.424. The molecule has 0 rings (SSSR count). The van der Waals surface area contributed by atoms with E-state index in [2.05, 4.69) is 6.92 Å². The summed E-state index contributed by atoms with van der Waals surface area (Å²) in [5.41, 5.74) is 0. The van der Waals surface area contributed by atoms with Gasteiger partial charge in [-0.3, -0.25) is 0 Å². The van der Waals surface area contributed by atoms with Gasteiger partial charge in [-0.1, -0.05) is 26.2 Å². The number of aliphatic hydroxyl groups is 1. The molecule has 0 fully saturated rings. The summed E-state index contributed by atoms with van der Waals surface area (Å²) in [6.07, 6.45) is 4.68. The number of unbranched alkanes of at least 4 members (excludes halogenated alkanes) is 3. The predicted molar refractivity (Wildman–Crippen MR) is 37.0 cm³/mol. The molecular weight excluding hydrogens is 95.0 g/mol. The minimum atomic E-state index is 0. The third-order valence-corrected chi connectivity index (χ3v) is 1.01. The number of hydrogen-bond acceptors (Lipinski definition) is 1. The molecule has 0 amide bonds. The van der Waals surface area contributed by atoms with Gasteiger partial charge in [0.15, 0.2) is 0 Å². The van der Waals surface area contributed by atoms with Crippen LogP contribution in [0.15, 0.2) is 0 Å². The first-order chi connectivity index (χ1) is 3.41. The molecule has 0 aromatic heterocycles. The van der Waals surface area contributed by atoms with Crippen molar-refractivity contribution in [1.29, 1.82) is 0 Å². The van der Waals surface area contributed by atoms with Crippen LogP contribution in [-0.2, 0) is 0 Å². The first-order valence-corrected chi connectivity index (χ1v) is 3.02. The molecule has 0 aromatic rings. The molecule has 2 heteroatoms. The van der Waals surface area contributed by atoms with Crippen LogP contribution >= 0.6 is 0 Å². The molecule has 0 heterocycles. The Balaban J connectivity index is 0. The second kappa shape index (κ2) is 10.5. The van der Waals surface area contributed by atoms with Crippen LogP contribution in [-0.4, -0.2) is 30.6 Å². The third kappa shape index (κ3) is 9.75. The molecule has 0 saturated carbocycles. The summed E-state index contributed by atoms with van der Waals surface area (Å²) in [5, 5.41) is 8.29. The minimum absolute atomic E-state index is 0. The summed E-state index contributed by atoms with van der Waals surface area (Å²) in [4.78, 5) is 0. The summed E-state index contributed by atoms with van der Waals surface area (Å²) < 4.78 is 0. The van der Waals surface area contributed by atoms with Crippen molar-refractivity contribution in [2.24, 2.45) is 0 Å². The van der Waals surface area contributed by atoms with Gasteiger partial charge in [-0.25, -0.2) is 0 Å². The summed E-state index contributed by atoms with van der Waals surface area (Å²) in [7, 11) is 0. The Bertz CT molecular complexity index is 27.7. The maximum absolute atomic E-state index is 8.29. The van der Waals surface area contributed by atoms with Crippen molar-refractivity contribution in [3.05, 3.63) is 0 Å². The zero-order valence-corrected chi connectivity index (χ0v) is 5.98. The molecule has 0 aliphatic rings. The van der Waals surface area contributed by atoms with Gasteiger partial charge in [0.25, 0.3) is 0 Å². The van der Waals surface area contributed by atoms with Crippen molar-refractivity contribution in [1.82, 2.24) is 0 Å². The summed E-state index contributed by atoms with van der Waals surface area (Å²) in [6, 6.07) is 0. The molecule has 0 saturated heterocycles. The van der Waals surface area contributed by atoms with Crippen molar-refractivity contribution >= 4 is 18.9 Å². The van der Waals surface area contributed by atoms with Gasteiger partial charge < -0.3 is 5.11 Å². The average Bonchev–Trinajstić information content (AvgIpc) is 1.69. The third-order valence-electron chi connectivity index (χ3n) is 1.01. The van der Waals surface area contributed by atoms with Gasteiger partial charge in [0, 0.05) is 25.5 Å². The van der Waals surface area contributed by atoms with E-state index in [0.29, 0.717) is 6.61 Å². The van der Waals surface area contributed by atoms with E-state index in [9.17, 15) is 0 Å². The monoisotopic (exact) mass is 109 g/mol. The molecule has 8 heavy (non-hydrogen) atoms. The second-order valence-electron chi connectivity index (χ2n) is 1.78. The number of hydrogen-bond donors (Lipinski definition) is 1. The fourth-order valence-corrected chi connectivity index (χ4v) is 0.539. The molecule has 45 valence electrons.